The van der Waals surface area contributed by atoms with Crippen LogP contribution in [-0.4, -0.2) is 22.6 Å². The van der Waals surface area contributed by atoms with E-state index in [0.29, 0.717) is 6.54 Å². The van der Waals surface area contributed by atoms with Crippen LogP contribution in [0.1, 0.15) is 21.6 Å². The molecule has 0 saturated heterocycles. The molecule has 0 radical (unpaired) electrons. The number of nitrogens with zero attached hydrogens (tertiary/aromatic N) is 2. The number of carbonyl (C=O) groups excluding carboxylic acids is 1. The number of imidazole rings is 1. The fraction of sp³-hybridized carbons (Fsp3) is 0.231. The number of hydrogen-bond donors (Lipinski definition) is 1. The lowest BCUT2D eigenvalue weighted by atomic mass is 10.1. The molecule has 2 rings (SSSR count). The van der Waals surface area contributed by atoms with Crippen molar-refractivity contribution in [3.63, 3.8) is 0 Å². The zero-order valence-corrected chi connectivity index (χ0v) is 10.4. The molecule has 0 saturated carbocycles. The van der Waals surface area contributed by atoms with Gasteiger partial charge in [-0.3, -0.25) is 4.79 Å². The molecule has 5 nitrogen and oxygen atoms in total. The van der Waals surface area contributed by atoms with E-state index >= 15 is 0 Å². The van der Waals surface area contributed by atoms with Crippen molar-refractivity contribution >= 4 is 5.91 Å². The number of amides is 1. The van der Waals surface area contributed by atoms with Gasteiger partial charge in [-0.05, 0) is 12.5 Å². The summed E-state index contributed by atoms with van der Waals surface area (Å²) >= 11 is 0. The van der Waals surface area contributed by atoms with Gasteiger partial charge in [0, 0.05) is 6.54 Å². The smallest absolute Gasteiger partial charge is 0.271 e. The van der Waals surface area contributed by atoms with Crippen LogP contribution in [0, 0.1) is 6.92 Å². The van der Waals surface area contributed by atoms with Gasteiger partial charge < -0.3 is 15.0 Å². The van der Waals surface area contributed by atoms with Gasteiger partial charge in [-0.25, -0.2) is 4.98 Å². The molecule has 94 valence electrons. The lowest BCUT2D eigenvalue weighted by Gasteiger charge is -2.07. The Bertz CT molecular complexity index is 558. The van der Waals surface area contributed by atoms with Gasteiger partial charge in [-0.15, -0.1) is 0 Å². The summed E-state index contributed by atoms with van der Waals surface area (Å²) in [4.78, 5) is 15.4. The molecule has 0 aliphatic heterocycles. The highest BCUT2D eigenvalue weighted by atomic mass is 16.5. The first kappa shape index (κ1) is 12.2. The summed E-state index contributed by atoms with van der Waals surface area (Å²) < 4.78 is 6.70. The minimum absolute atomic E-state index is 0.259. The third-order valence-corrected chi connectivity index (χ3v) is 2.70. The number of aryl methyl sites for hydroxylation is 1. The van der Waals surface area contributed by atoms with Crippen molar-refractivity contribution in [3.8, 4) is 5.88 Å². The number of nitrogens with two attached hydrogens (primary N) is 1. The quantitative estimate of drug-likeness (QED) is 0.883. The van der Waals surface area contributed by atoms with Gasteiger partial charge in [-0.1, -0.05) is 29.8 Å². The van der Waals surface area contributed by atoms with Crippen LogP contribution in [0.4, 0.5) is 0 Å². The third-order valence-electron chi connectivity index (χ3n) is 2.70. The lowest BCUT2D eigenvalue weighted by molar-refractivity contribution is 0.0988. The highest BCUT2D eigenvalue weighted by Crippen LogP contribution is 2.16. The van der Waals surface area contributed by atoms with E-state index < -0.39 is 5.91 Å². The summed E-state index contributed by atoms with van der Waals surface area (Å²) in [5, 5.41) is 0. The second-order valence-electron chi connectivity index (χ2n) is 4.08. The molecule has 0 fully saturated rings. The molecular weight excluding hydrogens is 230 g/mol. The van der Waals surface area contributed by atoms with Gasteiger partial charge in [-0.2, -0.15) is 0 Å². The third kappa shape index (κ3) is 2.34. The summed E-state index contributed by atoms with van der Waals surface area (Å²) in [5.41, 5.74) is 7.89. The summed E-state index contributed by atoms with van der Waals surface area (Å²) in [7, 11) is 1.46. The van der Waals surface area contributed by atoms with Gasteiger partial charge >= 0.3 is 0 Å². The summed E-state index contributed by atoms with van der Waals surface area (Å²) in [6.45, 7) is 2.56. The molecule has 0 unspecified atom stereocenters. The van der Waals surface area contributed by atoms with Crippen molar-refractivity contribution in [2.75, 3.05) is 7.11 Å². The van der Waals surface area contributed by atoms with Crippen LogP contribution in [0.5, 0.6) is 5.88 Å². The number of methoxy groups -OCH3 is 1. The van der Waals surface area contributed by atoms with Gasteiger partial charge in [0.1, 0.15) is 0 Å². The lowest BCUT2D eigenvalue weighted by Crippen LogP contribution is -2.18. The number of benzene rings is 1. The Hall–Kier alpha value is -2.30. The molecular formula is C13H15N3O2. The topological polar surface area (TPSA) is 70.1 Å². The van der Waals surface area contributed by atoms with Crippen molar-refractivity contribution in [1.82, 2.24) is 9.55 Å². The average Bonchev–Trinajstić information content (AvgIpc) is 2.75. The molecule has 2 N–H and O–H groups in total. The van der Waals surface area contributed by atoms with E-state index in [9.17, 15) is 4.79 Å². The van der Waals surface area contributed by atoms with Gasteiger partial charge in [0.05, 0.1) is 13.4 Å². The van der Waals surface area contributed by atoms with Crippen LogP contribution in [0.15, 0.2) is 30.6 Å². The van der Waals surface area contributed by atoms with Crippen molar-refractivity contribution in [1.29, 1.82) is 0 Å². The fourth-order valence-corrected chi connectivity index (χ4v) is 1.77. The van der Waals surface area contributed by atoms with Crippen LogP contribution in [0.2, 0.25) is 0 Å². The molecule has 1 heterocycles. The van der Waals surface area contributed by atoms with Crippen LogP contribution in [0.3, 0.4) is 0 Å². The number of aromatic nitrogens is 2. The number of ether oxygens (including phenoxy) is 1. The summed E-state index contributed by atoms with van der Waals surface area (Å²) in [6, 6.07) is 8.06. The van der Waals surface area contributed by atoms with E-state index in [1.54, 1.807) is 10.9 Å². The van der Waals surface area contributed by atoms with Crippen LogP contribution in [-0.2, 0) is 6.54 Å². The van der Waals surface area contributed by atoms with Gasteiger partial charge in [0.2, 0.25) is 5.88 Å². The number of primary amides is 1. The molecule has 1 amide bonds. The minimum atomic E-state index is -0.545. The Morgan fingerprint density at radius 3 is 2.61 bits per heavy atom. The summed E-state index contributed by atoms with van der Waals surface area (Å²) in [6.07, 6.45) is 1.55. The molecule has 0 aliphatic carbocycles. The predicted molar refractivity (Wildman–Crippen MR) is 67.6 cm³/mol. The molecule has 0 atom stereocenters. The van der Waals surface area contributed by atoms with Crippen molar-refractivity contribution in [2.45, 2.75) is 13.5 Å². The second-order valence-corrected chi connectivity index (χ2v) is 4.08. The maximum Gasteiger partial charge on any atom is 0.271 e. The van der Waals surface area contributed by atoms with E-state index in [-0.39, 0.29) is 11.6 Å². The molecule has 0 spiro atoms. The van der Waals surface area contributed by atoms with E-state index in [4.69, 9.17) is 10.5 Å². The Morgan fingerprint density at radius 2 is 2.06 bits per heavy atom. The Morgan fingerprint density at radius 1 is 1.39 bits per heavy atom. The zero-order chi connectivity index (χ0) is 13.1. The highest BCUT2D eigenvalue weighted by Gasteiger charge is 2.16. The maximum atomic E-state index is 11.4. The SMILES string of the molecule is COc1ncn(Cc2ccc(C)cc2)c1C(N)=O. The Labute approximate surface area is 105 Å². The van der Waals surface area contributed by atoms with Crippen molar-refractivity contribution in [2.24, 2.45) is 5.73 Å². The second kappa shape index (κ2) is 4.91. The first-order valence-electron chi connectivity index (χ1n) is 5.56. The molecule has 1 aromatic heterocycles. The first-order chi connectivity index (χ1) is 8.61. The largest absolute Gasteiger partial charge is 0.479 e. The maximum absolute atomic E-state index is 11.4. The number of hydrogen-bond acceptors (Lipinski definition) is 3. The van der Waals surface area contributed by atoms with Crippen molar-refractivity contribution in [3.05, 3.63) is 47.4 Å². The van der Waals surface area contributed by atoms with E-state index in [0.717, 1.165) is 5.56 Å². The van der Waals surface area contributed by atoms with E-state index in [1.165, 1.54) is 12.7 Å². The van der Waals surface area contributed by atoms with E-state index in [1.807, 2.05) is 31.2 Å². The van der Waals surface area contributed by atoms with Crippen molar-refractivity contribution < 1.29 is 9.53 Å². The minimum Gasteiger partial charge on any atom is -0.479 e. The number of carbonyl (C=O) groups is 1. The van der Waals surface area contributed by atoms with E-state index in [2.05, 4.69) is 4.98 Å². The molecule has 1 aromatic carbocycles. The molecule has 5 heteroatoms. The monoisotopic (exact) mass is 245 g/mol. The Kier molecular flexibility index (Phi) is 3.32. The van der Waals surface area contributed by atoms with Crippen LogP contribution < -0.4 is 10.5 Å². The summed E-state index contributed by atoms with van der Waals surface area (Å²) in [5.74, 6) is -0.286. The zero-order valence-electron chi connectivity index (χ0n) is 10.4. The number of rotatable bonds is 4. The van der Waals surface area contributed by atoms with Crippen LogP contribution in [0.25, 0.3) is 0 Å². The normalized spacial score (nSPS) is 10.3. The van der Waals surface area contributed by atoms with Gasteiger partial charge in [0.25, 0.3) is 5.91 Å². The fourth-order valence-electron chi connectivity index (χ4n) is 1.77. The first-order valence-corrected chi connectivity index (χ1v) is 5.56. The van der Waals surface area contributed by atoms with Gasteiger partial charge in [0.15, 0.2) is 5.69 Å². The van der Waals surface area contributed by atoms with Crippen LogP contribution >= 0.6 is 0 Å². The predicted octanol–water partition coefficient (Wildman–Crippen LogP) is 1.35. The molecule has 2 aromatic rings. The standard InChI is InChI=1S/C13H15N3O2/c1-9-3-5-10(6-4-9)7-16-8-15-13(18-2)11(16)12(14)17/h3-6,8H,7H2,1-2H3,(H2,14,17). The molecule has 0 aliphatic rings. The molecule has 18 heavy (non-hydrogen) atoms. The highest BCUT2D eigenvalue weighted by molar-refractivity contribution is 5.93. The molecule has 0 bridgehead atoms. The average molecular weight is 245 g/mol. The Balaban J connectivity index is 2.31.